The van der Waals surface area contributed by atoms with Gasteiger partial charge in [-0.05, 0) is 25.0 Å². The molecule has 2 fully saturated rings. The average molecular weight is 327 g/mol. The van der Waals surface area contributed by atoms with E-state index in [1.165, 1.54) is 0 Å². The minimum atomic E-state index is -0.277. The topological polar surface area (TPSA) is 65.6 Å². The van der Waals surface area contributed by atoms with E-state index < -0.39 is 0 Å². The highest BCUT2D eigenvalue weighted by atomic mass is 16.5. The van der Waals surface area contributed by atoms with Crippen LogP contribution in [-0.2, 0) is 9.53 Å². The maximum atomic E-state index is 12.7. The number of H-pyrrole nitrogens is 1. The van der Waals surface area contributed by atoms with E-state index in [0.29, 0.717) is 38.5 Å². The molecule has 0 saturated carbocycles. The molecular weight excluding hydrogens is 306 g/mol. The summed E-state index contributed by atoms with van der Waals surface area (Å²) in [6, 6.07) is 9.75. The number of amides is 2. The van der Waals surface area contributed by atoms with Crippen molar-refractivity contribution in [2.75, 3.05) is 32.8 Å². The van der Waals surface area contributed by atoms with Gasteiger partial charge in [-0.25, -0.2) is 0 Å². The number of para-hydroxylation sites is 1. The number of piperazine rings is 1. The van der Waals surface area contributed by atoms with Crippen molar-refractivity contribution >= 4 is 22.7 Å². The third kappa shape index (κ3) is 2.78. The first kappa shape index (κ1) is 15.2. The van der Waals surface area contributed by atoms with Gasteiger partial charge in [0, 0.05) is 43.7 Å². The Balaban J connectivity index is 1.39. The molecule has 3 heterocycles. The van der Waals surface area contributed by atoms with Gasteiger partial charge in [0.25, 0.3) is 11.8 Å². The number of hydrogen-bond donors (Lipinski definition) is 1. The van der Waals surface area contributed by atoms with Gasteiger partial charge in [-0.1, -0.05) is 18.2 Å². The maximum absolute atomic E-state index is 12.7. The average Bonchev–Trinajstić information content (AvgIpc) is 3.30. The molecule has 0 bridgehead atoms. The lowest BCUT2D eigenvalue weighted by Gasteiger charge is -2.35. The molecule has 0 spiro atoms. The predicted molar refractivity (Wildman–Crippen MR) is 89.8 cm³/mol. The summed E-state index contributed by atoms with van der Waals surface area (Å²) in [5, 5.41) is 1.04. The normalized spacial score (nSPS) is 21.4. The Hall–Kier alpha value is -2.34. The molecule has 1 N–H and O–H groups in total. The van der Waals surface area contributed by atoms with Gasteiger partial charge >= 0.3 is 0 Å². The van der Waals surface area contributed by atoms with Gasteiger partial charge in [0.15, 0.2) is 0 Å². The van der Waals surface area contributed by atoms with E-state index in [9.17, 15) is 9.59 Å². The second-order valence-corrected chi connectivity index (χ2v) is 6.39. The zero-order chi connectivity index (χ0) is 16.5. The number of aromatic nitrogens is 1. The van der Waals surface area contributed by atoms with Crippen molar-refractivity contribution in [1.82, 2.24) is 14.8 Å². The first-order valence-electron chi connectivity index (χ1n) is 8.50. The highest BCUT2D eigenvalue weighted by Crippen LogP contribution is 2.18. The maximum Gasteiger partial charge on any atom is 0.270 e. The van der Waals surface area contributed by atoms with Crippen LogP contribution in [0.1, 0.15) is 23.3 Å². The van der Waals surface area contributed by atoms with Gasteiger partial charge in [0.1, 0.15) is 11.8 Å². The van der Waals surface area contributed by atoms with Crippen LogP contribution in [0.5, 0.6) is 0 Å². The number of ether oxygens (including phenoxy) is 1. The summed E-state index contributed by atoms with van der Waals surface area (Å²) >= 11 is 0. The Bertz CT molecular complexity index is 723. The molecular formula is C18H21N3O3. The lowest BCUT2D eigenvalue weighted by atomic mass is 10.2. The van der Waals surface area contributed by atoms with E-state index in [1.807, 2.05) is 40.1 Å². The molecule has 2 aromatic rings. The molecule has 0 unspecified atom stereocenters. The first-order chi connectivity index (χ1) is 11.7. The smallest absolute Gasteiger partial charge is 0.270 e. The van der Waals surface area contributed by atoms with Gasteiger partial charge in [0.2, 0.25) is 0 Å². The highest BCUT2D eigenvalue weighted by molar-refractivity contribution is 5.98. The molecule has 2 aliphatic rings. The molecule has 1 aromatic carbocycles. The van der Waals surface area contributed by atoms with E-state index in [-0.39, 0.29) is 17.9 Å². The summed E-state index contributed by atoms with van der Waals surface area (Å²) in [6.45, 7) is 2.95. The van der Waals surface area contributed by atoms with Crippen molar-refractivity contribution in [2.45, 2.75) is 18.9 Å². The Kier molecular flexibility index (Phi) is 3.98. The molecule has 2 amide bonds. The SMILES string of the molecule is O=C(c1cc2ccccc2[nH]1)N1CCN(C(=O)[C@@H]2CCCO2)CC1. The van der Waals surface area contributed by atoms with Gasteiger partial charge in [0.05, 0.1) is 0 Å². The van der Waals surface area contributed by atoms with Crippen molar-refractivity contribution in [3.8, 4) is 0 Å². The molecule has 1 aromatic heterocycles. The number of fused-ring (bicyclic) bond motifs is 1. The number of rotatable bonds is 2. The number of carbonyl (C=O) groups excluding carboxylic acids is 2. The van der Waals surface area contributed by atoms with Gasteiger partial charge in [-0.15, -0.1) is 0 Å². The second-order valence-electron chi connectivity index (χ2n) is 6.39. The van der Waals surface area contributed by atoms with Crippen LogP contribution < -0.4 is 0 Å². The van der Waals surface area contributed by atoms with Crippen LogP contribution in [0.3, 0.4) is 0 Å². The predicted octanol–water partition coefficient (Wildman–Crippen LogP) is 1.63. The third-order valence-corrected chi connectivity index (χ3v) is 4.84. The number of nitrogens with zero attached hydrogens (tertiary/aromatic N) is 2. The molecule has 24 heavy (non-hydrogen) atoms. The van der Waals surface area contributed by atoms with Gasteiger partial charge < -0.3 is 19.5 Å². The minimum absolute atomic E-state index is 0.00425. The molecule has 0 aliphatic carbocycles. The van der Waals surface area contributed by atoms with Crippen molar-refractivity contribution in [2.24, 2.45) is 0 Å². The Morgan fingerprint density at radius 2 is 1.83 bits per heavy atom. The van der Waals surface area contributed by atoms with E-state index >= 15 is 0 Å². The minimum Gasteiger partial charge on any atom is -0.368 e. The monoisotopic (exact) mass is 327 g/mol. The van der Waals surface area contributed by atoms with Gasteiger partial charge in [-0.2, -0.15) is 0 Å². The highest BCUT2D eigenvalue weighted by Gasteiger charge is 2.31. The fourth-order valence-electron chi connectivity index (χ4n) is 3.46. The van der Waals surface area contributed by atoms with Crippen molar-refractivity contribution in [1.29, 1.82) is 0 Å². The molecule has 126 valence electrons. The lowest BCUT2D eigenvalue weighted by Crippen LogP contribution is -2.52. The number of nitrogens with one attached hydrogen (secondary N) is 1. The van der Waals surface area contributed by atoms with E-state index in [1.54, 1.807) is 0 Å². The summed E-state index contributed by atoms with van der Waals surface area (Å²) in [7, 11) is 0. The van der Waals surface area contributed by atoms with Crippen LogP contribution in [0.25, 0.3) is 10.9 Å². The van der Waals surface area contributed by atoms with E-state index in [2.05, 4.69) is 4.98 Å². The van der Waals surface area contributed by atoms with Crippen LogP contribution in [0, 0.1) is 0 Å². The zero-order valence-electron chi connectivity index (χ0n) is 13.5. The van der Waals surface area contributed by atoms with Crippen LogP contribution in [-0.4, -0.2) is 65.5 Å². The fourth-order valence-corrected chi connectivity index (χ4v) is 3.46. The number of aromatic amines is 1. The molecule has 0 radical (unpaired) electrons. The lowest BCUT2D eigenvalue weighted by molar-refractivity contribution is -0.142. The third-order valence-electron chi connectivity index (χ3n) is 4.84. The number of hydrogen-bond acceptors (Lipinski definition) is 3. The molecule has 6 heteroatoms. The summed E-state index contributed by atoms with van der Waals surface area (Å²) < 4.78 is 5.47. The van der Waals surface area contributed by atoms with Gasteiger partial charge in [-0.3, -0.25) is 9.59 Å². The summed E-state index contributed by atoms with van der Waals surface area (Å²) in [4.78, 5) is 31.8. The largest absolute Gasteiger partial charge is 0.368 e. The Morgan fingerprint density at radius 3 is 2.54 bits per heavy atom. The summed E-state index contributed by atoms with van der Waals surface area (Å²) in [6.07, 6.45) is 1.49. The molecule has 2 aliphatic heterocycles. The van der Waals surface area contributed by atoms with E-state index in [0.717, 1.165) is 23.7 Å². The summed E-state index contributed by atoms with van der Waals surface area (Å²) in [5.41, 5.74) is 1.57. The van der Waals surface area contributed by atoms with Crippen LogP contribution >= 0.6 is 0 Å². The molecule has 2 saturated heterocycles. The zero-order valence-corrected chi connectivity index (χ0v) is 13.5. The van der Waals surface area contributed by atoms with Crippen molar-refractivity contribution < 1.29 is 14.3 Å². The molecule has 1 atom stereocenters. The fraction of sp³-hybridized carbons (Fsp3) is 0.444. The van der Waals surface area contributed by atoms with Crippen molar-refractivity contribution in [3.05, 3.63) is 36.0 Å². The van der Waals surface area contributed by atoms with E-state index in [4.69, 9.17) is 4.74 Å². The summed E-state index contributed by atoms with van der Waals surface area (Å²) in [5.74, 6) is 0.0700. The number of benzene rings is 1. The molecule has 6 nitrogen and oxygen atoms in total. The van der Waals surface area contributed by atoms with Crippen LogP contribution in [0.4, 0.5) is 0 Å². The van der Waals surface area contributed by atoms with Crippen LogP contribution in [0.2, 0.25) is 0 Å². The van der Waals surface area contributed by atoms with Crippen molar-refractivity contribution in [3.63, 3.8) is 0 Å². The second kappa shape index (κ2) is 6.28. The Morgan fingerprint density at radius 1 is 1.08 bits per heavy atom. The quantitative estimate of drug-likeness (QED) is 0.912. The Labute approximate surface area is 140 Å². The van der Waals surface area contributed by atoms with Crippen LogP contribution in [0.15, 0.2) is 30.3 Å². The first-order valence-corrected chi connectivity index (χ1v) is 8.50. The molecule has 4 rings (SSSR count). The number of carbonyl (C=O) groups is 2. The standard InChI is InChI=1S/C18H21N3O3/c22-17(15-12-13-4-1-2-5-14(13)19-15)20-7-9-21(10-8-20)18(23)16-6-3-11-24-16/h1-2,4-5,12,16,19H,3,6-11H2/t16-/m0/s1.